The SMILES string of the molecule is CCc1nc2c(cnn2CC)c(NC2CCOCC2)c1CNC=O. The number of anilines is 1. The molecule has 7 heteroatoms. The second kappa shape index (κ2) is 7.61. The highest BCUT2D eigenvalue weighted by molar-refractivity contribution is 5.91. The second-order valence-corrected chi connectivity index (χ2v) is 5.99. The maximum absolute atomic E-state index is 10.8. The van der Waals surface area contributed by atoms with Crippen LogP contribution in [0.1, 0.15) is 37.9 Å². The number of hydrogen-bond acceptors (Lipinski definition) is 5. The molecule has 0 saturated carbocycles. The summed E-state index contributed by atoms with van der Waals surface area (Å²) in [4.78, 5) is 15.6. The molecule has 2 N–H and O–H groups in total. The van der Waals surface area contributed by atoms with Gasteiger partial charge in [-0.1, -0.05) is 6.92 Å². The van der Waals surface area contributed by atoms with Gasteiger partial charge in [-0.05, 0) is 26.2 Å². The quantitative estimate of drug-likeness (QED) is 0.757. The standard InChI is InChI=1S/C17H25N5O2/c1-3-15-13(9-18-11-23)16(20-12-5-7-24-8-6-12)14-10-19-22(4-2)17(14)21-15/h10-12H,3-9H2,1-2H3,(H,18,23)(H,20,21). The Hall–Kier alpha value is -2.15. The topological polar surface area (TPSA) is 81.1 Å². The third-order valence-corrected chi connectivity index (χ3v) is 4.54. The summed E-state index contributed by atoms with van der Waals surface area (Å²) in [5, 5.41) is 12.0. The minimum Gasteiger partial charge on any atom is -0.381 e. The van der Waals surface area contributed by atoms with Crippen molar-refractivity contribution >= 4 is 23.1 Å². The van der Waals surface area contributed by atoms with Crippen molar-refractivity contribution in [2.45, 2.75) is 52.2 Å². The average Bonchev–Trinajstić information content (AvgIpc) is 3.04. The number of ether oxygens (including phenoxy) is 1. The van der Waals surface area contributed by atoms with Gasteiger partial charge in [0, 0.05) is 43.6 Å². The molecule has 130 valence electrons. The van der Waals surface area contributed by atoms with Crippen molar-refractivity contribution in [1.82, 2.24) is 20.1 Å². The van der Waals surface area contributed by atoms with Gasteiger partial charge < -0.3 is 15.4 Å². The summed E-state index contributed by atoms with van der Waals surface area (Å²) in [5.41, 5.74) is 4.01. The molecule has 0 bridgehead atoms. The Morgan fingerprint density at radius 1 is 1.38 bits per heavy atom. The van der Waals surface area contributed by atoms with E-state index in [9.17, 15) is 4.79 Å². The van der Waals surface area contributed by atoms with Crippen molar-refractivity contribution in [3.63, 3.8) is 0 Å². The van der Waals surface area contributed by atoms with E-state index in [0.29, 0.717) is 12.6 Å². The maximum Gasteiger partial charge on any atom is 0.207 e. The number of rotatable bonds is 7. The molecule has 1 aliphatic rings. The molecule has 0 spiro atoms. The predicted octanol–water partition coefficient (Wildman–Crippen LogP) is 1.85. The van der Waals surface area contributed by atoms with E-state index in [2.05, 4.69) is 29.6 Å². The summed E-state index contributed by atoms with van der Waals surface area (Å²) >= 11 is 0. The molecule has 0 aromatic carbocycles. The minimum absolute atomic E-state index is 0.369. The van der Waals surface area contributed by atoms with Crippen LogP contribution in [-0.2, 0) is 29.0 Å². The molecule has 2 aromatic rings. The van der Waals surface area contributed by atoms with E-state index in [1.54, 1.807) is 0 Å². The molecule has 2 aromatic heterocycles. The lowest BCUT2D eigenvalue weighted by Crippen LogP contribution is -2.29. The van der Waals surface area contributed by atoms with Crippen LogP contribution in [0.5, 0.6) is 0 Å². The molecule has 3 rings (SSSR count). The van der Waals surface area contributed by atoms with E-state index in [1.165, 1.54) is 0 Å². The lowest BCUT2D eigenvalue weighted by Gasteiger charge is -2.26. The summed E-state index contributed by atoms with van der Waals surface area (Å²) in [7, 11) is 0. The number of aryl methyl sites for hydroxylation is 2. The molecular formula is C17H25N5O2. The molecule has 1 saturated heterocycles. The van der Waals surface area contributed by atoms with E-state index in [1.807, 2.05) is 10.9 Å². The van der Waals surface area contributed by atoms with Crippen molar-refractivity contribution in [3.8, 4) is 0 Å². The van der Waals surface area contributed by atoms with Crippen molar-refractivity contribution < 1.29 is 9.53 Å². The minimum atomic E-state index is 0.369. The van der Waals surface area contributed by atoms with Gasteiger partial charge in [-0.15, -0.1) is 0 Å². The number of pyridine rings is 1. The fraction of sp³-hybridized carbons (Fsp3) is 0.588. The summed E-state index contributed by atoms with van der Waals surface area (Å²) < 4.78 is 7.38. The zero-order valence-corrected chi connectivity index (χ0v) is 14.3. The summed E-state index contributed by atoms with van der Waals surface area (Å²) in [6.45, 7) is 6.96. The molecule has 1 aliphatic heterocycles. The number of aromatic nitrogens is 3. The molecule has 0 atom stereocenters. The Morgan fingerprint density at radius 2 is 2.17 bits per heavy atom. The van der Waals surface area contributed by atoms with Crippen molar-refractivity contribution in [1.29, 1.82) is 0 Å². The smallest absolute Gasteiger partial charge is 0.207 e. The number of nitrogens with zero attached hydrogens (tertiary/aromatic N) is 3. The third-order valence-electron chi connectivity index (χ3n) is 4.54. The number of nitrogens with one attached hydrogen (secondary N) is 2. The average molecular weight is 331 g/mol. The van der Waals surface area contributed by atoms with Gasteiger partial charge in [0.2, 0.25) is 6.41 Å². The summed E-state index contributed by atoms with van der Waals surface area (Å²) in [6, 6.07) is 0.369. The molecule has 0 aliphatic carbocycles. The fourth-order valence-electron chi connectivity index (χ4n) is 3.24. The van der Waals surface area contributed by atoms with E-state index < -0.39 is 0 Å². The Kier molecular flexibility index (Phi) is 5.30. The van der Waals surface area contributed by atoms with Crippen LogP contribution < -0.4 is 10.6 Å². The molecule has 24 heavy (non-hydrogen) atoms. The van der Waals surface area contributed by atoms with Gasteiger partial charge in [0.25, 0.3) is 0 Å². The van der Waals surface area contributed by atoms with Crippen LogP contribution in [0.2, 0.25) is 0 Å². The first kappa shape index (κ1) is 16.7. The van der Waals surface area contributed by atoms with Gasteiger partial charge in [-0.2, -0.15) is 5.10 Å². The largest absolute Gasteiger partial charge is 0.381 e. The first-order chi connectivity index (χ1) is 11.8. The number of carbonyl (C=O) groups excluding carboxylic acids is 1. The highest BCUT2D eigenvalue weighted by Gasteiger charge is 2.21. The number of hydrogen-bond donors (Lipinski definition) is 2. The van der Waals surface area contributed by atoms with Crippen LogP contribution in [0.3, 0.4) is 0 Å². The highest BCUT2D eigenvalue weighted by Crippen LogP contribution is 2.31. The fourth-order valence-corrected chi connectivity index (χ4v) is 3.24. The molecule has 3 heterocycles. The van der Waals surface area contributed by atoms with Gasteiger partial charge >= 0.3 is 0 Å². The highest BCUT2D eigenvalue weighted by atomic mass is 16.5. The van der Waals surface area contributed by atoms with Gasteiger partial charge in [-0.25, -0.2) is 9.67 Å². The van der Waals surface area contributed by atoms with Crippen molar-refractivity contribution in [2.24, 2.45) is 0 Å². The molecule has 1 amide bonds. The maximum atomic E-state index is 10.8. The molecule has 7 nitrogen and oxygen atoms in total. The molecular weight excluding hydrogens is 306 g/mol. The summed E-state index contributed by atoms with van der Waals surface area (Å²) in [5.74, 6) is 0. The van der Waals surface area contributed by atoms with Gasteiger partial charge in [0.1, 0.15) is 0 Å². The Bertz CT molecular complexity index is 707. The van der Waals surface area contributed by atoms with Crippen LogP contribution in [0.25, 0.3) is 11.0 Å². The zero-order chi connectivity index (χ0) is 16.9. The van der Waals surface area contributed by atoms with E-state index in [0.717, 1.165) is 73.4 Å². The van der Waals surface area contributed by atoms with Gasteiger partial charge in [0.15, 0.2) is 5.65 Å². The Labute approximate surface area is 141 Å². The van der Waals surface area contributed by atoms with Crippen LogP contribution in [0.4, 0.5) is 5.69 Å². The zero-order valence-electron chi connectivity index (χ0n) is 14.3. The van der Waals surface area contributed by atoms with E-state index >= 15 is 0 Å². The first-order valence-corrected chi connectivity index (χ1v) is 8.67. The monoisotopic (exact) mass is 331 g/mol. The van der Waals surface area contributed by atoms with Crippen LogP contribution in [-0.4, -0.2) is 40.4 Å². The molecule has 1 fully saturated rings. The number of amides is 1. The van der Waals surface area contributed by atoms with Crippen molar-refractivity contribution in [2.75, 3.05) is 18.5 Å². The van der Waals surface area contributed by atoms with E-state index in [-0.39, 0.29) is 0 Å². The van der Waals surface area contributed by atoms with Gasteiger partial charge in [-0.3, -0.25) is 4.79 Å². The Morgan fingerprint density at radius 3 is 2.83 bits per heavy atom. The normalized spacial score (nSPS) is 15.6. The third kappa shape index (κ3) is 3.21. The van der Waals surface area contributed by atoms with Crippen LogP contribution in [0, 0.1) is 0 Å². The van der Waals surface area contributed by atoms with Crippen molar-refractivity contribution in [3.05, 3.63) is 17.5 Å². The molecule has 0 radical (unpaired) electrons. The lowest BCUT2D eigenvalue weighted by molar-refractivity contribution is -0.109. The van der Waals surface area contributed by atoms with Gasteiger partial charge in [0.05, 0.1) is 17.3 Å². The number of fused-ring (bicyclic) bond motifs is 1. The second-order valence-electron chi connectivity index (χ2n) is 5.99. The van der Waals surface area contributed by atoms with Crippen LogP contribution >= 0.6 is 0 Å². The summed E-state index contributed by atoms with van der Waals surface area (Å²) in [6.07, 6.45) is 5.37. The van der Waals surface area contributed by atoms with Crippen LogP contribution in [0.15, 0.2) is 6.20 Å². The number of carbonyl (C=O) groups is 1. The Balaban J connectivity index is 2.08. The predicted molar refractivity (Wildman–Crippen MR) is 92.9 cm³/mol. The molecule has 0 unspecified atom stereocenters. The first-order valence-electron chi connectivity index (χ1n) is 8.67. The van der Waals surface area contributed by atoms with E-state index in [4.69, 9.17) is 9.72 Å². The lowest BCUT2D eigenvalue weighted by atomic mass is 10.0.